The second-order valence-corrected chi connectivity index (χ2v) is 6.92. The summed E-state index contributed by atoms with van der Waals surface area (Å²) in [6, 6.07) is 11.5. The monoisotopic (exact) mass is 346 g/mol. The second kappa shape index (κ2) is 6.55. The van der Waals surface area contributed by atoms with E-state index in [1.807, 2.05) is 18.2 Å². The number of fused-ring (bicyclic) bond motifs is 1. The molecule has 1 N–H and O–H groups in total. The van der Waals surface area contributed by atoms with E-state index in [1.54, 1.807) is 4.90 Å². The Kier molecular flexibility index (Phi) is 4.25. The van der Waals surface area contributed by atoms with Crippen molar-refractivity contribution in [2.75, 3.05) is 26.2 Å². The highest BCUT2D eigenvalue weighted by Crippen LogP contribution is 2.32. The van der Waals surface area contributed by atoms with E-state index < -0.39 is 6.43 Å². The lowest BCUT2D eigenvalue weighted by molar-refractivity contribution is 0.0767. The summed E-state index contributed by atoms with van der Waals surface area (Å²) in [7, 11) is 0. The van der Waals surface area contributed by atoms with Crippen molar-refractivity contribution in [3.05, 3.63) is 53.3 Å². The molecule has 0 spiro atoms. The Balaban J connectivity index is 1.35. The summed E-state index contributed by atoms with van der Waals surface area (Å²) >= 11 is 0. The third-order valence-corrected chi connectivity index (χ3v) is 5.15. The van der Waals surface area contributed by atoms with Crippen LogP contribution in [-0.2, 0) is 6.54 Å². The van der Waals surface area contributed by atoms with Gasteiger partial charge in [0.25, 0.3) is 12.3 Å². The molecule has 3 heterocycles. The lowest BCUT2D eigenvalue weighted by atomic mass is 10.0. The molecule has 7 heteroatoms. The van der Waals surface area contributed by atoms with E-state index in [2.05, 4.69) is 27.2 Å². The van der Waals surface area contributed by atoms with Crippen molar-refractivity contribution in [1.29, 1.82) is 0 Å². The molecule has 0 unspecified atom stereocenters. The molecule has 25 heavy (non-hydrogen) atoms. The minimum atomic E-state index is -2.64. The molecule has 4 rings (SSSR count). The van der Waals surface area contributed by atoms with Gasteiger partial charge in [0.1, 0.15) is 5.69 Å². The molecule has 2 aromatic rings. The first kappa shape index (κ1) is 16.2. The molecule has 2 atom stereocenters. The Morgan fingerprint density at radius 1 is 1.16 bits per heavy atom. The molecule has 0 radical (unpaired) electrons. The minimum absolute atomic E-state index is 0.0800. The molecule has 1 aromatic heterocycles. The first-order chi connectivity index (χ1) is 12.1. The zero-order valence-electron chi connectivity index (χ0n) is 13.7. The van der Waals surface area contributed by atoms with Gasteiger partial charge in [0.05, 0.1) is 0 Å². The van der Waals surface area contributed by atoms with Gasteiger partial charge in [-0.2, -0.15) is 5.10 Å². The number of likely N-dealkylation sites (tertiary alicyclic amines) is 2. The molecular formula is C18H20F2N4O. The molecule has 1 aromatic carbocycles. The van der Waals surface area contributed by atoms with Gasteiger partial charge in [-0.15, -0.1) is 0 Å². The number of rotatable bonds is 4. The predicted molar refractivity (Wildman–Crippen MR) is 88.1 cm³/mol. The van der Waals surface area contributed by atoms with Crippen LogP contribution in [0.5, 0.6) is 0 Å². The van der Waals surface area contributed by atoms with Gasteiger partial charge in [-0.25, -0.2) is 8.78 Å². The molecule has 132 valence electrons. The smallest absolute Gasteiger partial charge is 0.279 e. The number of benzene rings is 1. The number of alkyl halides is 2. The maximum atomic E-state index is 12.6. The van der Waals surface area contributed by atoms with Crippen LogP contribution in [0.4, 0.5) is 8.78 Å². The van der Waals surface area contributed by atoms with Gasteiger partial charge in [0.15, 0.2) is 5.69 Å². The summed E-state index contributed by atoms with van der Waals surface area (Å²) in [5, 5.41) is 5.98. The lowest BCUT2D eigenvalue weighted by Crippen LogP contribution is -2.33. The normalized spacial score (nSPS) is 23.4. The van der Waals surface area contributed by atoms with E-state index in [0.29, 0.717) is 24.9 Å². The van der Waals surface area contributed by atoms with Crippen molar-refractivity contribution in [1.82, 2.24) is 20.0 Å². The molecule has 0 saturated carbocycles. The fourth-order valence-corrected chi connectivity index (χ4v) is 3.95. The number of aromatic amines is 1. The Labute approximate surface area is 144 Å². The predicted octanol–water partition coefficient (Wildman–Crippen LogP) is 2.55. The van der Waals surface area contributed by atoms with E-state index in [9.17, 15) is 13.6 Å². The van der Waals surface area contributed by atoms with Gasteiger partial charge in [-0.3, -0.25) is 14.8 Å². The van der Waals surface area contributed by atoms with Crippen LogP contribution in [0.15, 0.2) is 36.4 Å². The molecule has 1 amide bonds. The topological polar surface area (TPSA) is 52.2 Å². The van der Waals surface area contributed by atoms with Crippen molar-refractivity contribution in [3.63, 3.8) is 0 Å². The van der Waals surface area contributed by atoms with Crippen molar-refractivity contribution in [2.45, 2.75) is 13.0 Å². The summed E-state index contributed by atoms with van der Waals surface area (Å²) < 4.78 is 25.3. The van der Waals surface area contributed by atoms with Gasteiger partial charge >= 0.3 is 0 Å². The van der Waals surface area contributed by atoms with Crippen molar-refractivity contribution in [2.24, 2.45) is 11.8 Å². The highest BCUT2D eigenvalue weighted by Gasteiger charge is 2.42. The van der Waals surface area contributed by atoms with E-state index in [-0.39, 0.29) is 17.3 Å². The van der Waals surface area contributed by atoms with E-state index in [4.69, 9.17) is 0 Å². The van der Waals surface area contributed by atoms with Gasteiger partial charge in [-0.1, -0.05) is 30.3 Å². The van der Waals surface area contributed by atoms with Gasteiger partial charge in [0.2, 0.25) is 0 Å². The number of halogens is 2. The first-order valence-corrected chi connectivity index (χ1v) is 8.49. The van der Waals surface area contributed by atoms with Crippen molar-refractivity contribution in [3.8, 4) is 0 Å². The average Bonchev–Trinajstić information content (AvgIpc) is 3.29. The van der Waals surface area contributed by atoms with Crippen LogP contribution in [-0.4, -0.2) is 52.1 Å². The Bertz CT molecular complexity index is 735. The van der Waals surface area contributed by atoms with Crippen LogP contribution in [0.3, 0.4) is 0 Å². The number of hydrogen-bond acceptors (Lipinski definition) is 3. The molecule has 2 fully saturated rings. The second-order valence-electron chi connectivity index (χ2n) is 6.92. The molecule has 0 bridgehead atoms. The lowest BCUT2D eigenvalue weighted by Gasteiger charge is -2.21. The summed E-state index contributed by atoms with van der Waals surface area (Å²) in [5.74, 6) is 0.634. The van der Waals surface area contributed by atoms with E-state index >= 15 is 0 Å². The molecule has 2 aliphatic heterocycles. The Morgan fingerprint density at radius 3 is 2.44 bits per heavy atom. The number of aromatic nitrogens is 2. The van der Waals surface area contributed by atoms with E-state index in [1.165, 1.54) is 5.56 Å². The van der Waals surface area contributed by atoms with Crippen LogP contribution in [0.1, 0.15) is 28.2 Å². The van der Waals surface area contributed by atoms with E-state index in [0.717, 1.165) is 25.7 Å². The zero-order chi connectivity index (χ0) is 17.4. The molecule has 2 aliphatic rings. The number of hydrogen-bond donors (Lipinski definition) is 1. The maximum Gasteiger partial charge on any atom is 0.279 e. The highest BCUT2D eigenvalue weighted by molar-refractivity contribution is 5.92. The van der Waals surface area contributed by atoms with Crippen LogP contribution in [0.25, 0.3) is 0 Å². The fourth-order valence-electron chi connectivity index (χ4n) is 3.95. The first-order valence-electron chi connectivity index (χ1n) is 8.49. The molecule has 5 nitrogen and oxygen atoms in total. The van der Waals surface area contributed by atoms with Gasteiger partial charge in [0, 0.05) is 32.7 Å². The third kappa shape index (κ3) is 3.28. The summed E-state index contributed by atoms with van der Waals surface area (Å²) in [6.45, 7) is 4.20. The van der Waals surface area contributed by atoms with Crippen molar-refractivity contribution >= 4 is 5.91 Å². The number of amides is 1. The zero-order valence-corrected chi connectivity index (χ0v) is 13.7. The van der Waals surface area contributed by atoms with Crippen LogP contribution in [0, 0.1) is 11.8 Å². The minimum Gasteiger partial charge on any atom is -0.337 e. The summed E-state index contributed by atoms with van der Waals surface area (Å²) in [4.78, 5) is 16.6. The van der Waals surface area contributed by atoms with Crippen LogP contribution < -0.4 is 0 Å². The Morgan fingerprint density at radius 2 is 1.84 bits per heavy atom. The standard InChI is InChI=1S/C18H20F2N4O/c19-17(20)15-6-16(22-21-15)18(25)24-10-13-8-23(9-14(13)11-24)7-12-4-2-1-3-5-12/h1-6,13-14,17H,7-11H2,(H,21,22)/t13-,14+. The number of carbonyl (C=O) groups is 1. The number of H-pyrrole nitrogens is 1. The van der Waals surface area contributed by atoms with Gasteiger partial charge in [-0.05, 0) is 23.5 Å². The third-order valence-electron chi connectivity index (χ3n) is 5.15. The largest absolute Gasteiger partial charge is 0.337 e. The number of nitrogens with one attached hydrogen (secondary N) is 1. The Hall–Kier alpha value is -2.28. The fraction of sp³-hybridized carbons (Fsp3) is 0.444. The maximum absolute atomic E-state index is 12.6. The summed E-state index contributed by atoms with van der Waals surface area (Å²) in [5.41, 5.74) is 1.07. The number of nitrogens with zero attached hydrogens (tertiary/aromatic N) is 3. The van der Waals surface area contributed by atoms with Gasteiger partial charge < -0.3 is 4.90 Å². The number of carbonyl (C=O) groups excluding carboxylic acids is 1. The molecular weight excluding hydrogens is 326 g/mol. The van der Waals surface area contributed by atoms with Crippen LogP contribution in [0.2, 0.25) is 0 Å². The SMILES string of the molecule is O=C(c1cc(C(F)F)[nH]n1)N1C[C@H]2CN(Cc3ccccc3)C[C@H]2C1. The van der Waals surface area contributed by atoms with Crippen molar-refractivity contribution < 1.29 is 13.6 Å². The molecule has 2 saturated heterocycles. The van der Waals surface area contributed by atoms with Crippen LogP contribution >= 0.6 is 0 Å². The summed E-state index contributed by atoms with van der Waals surface area (Å²) in [6.07, 6.45) is -2.64. The highest BCUT2D eigenvalue weighted by atomic mass is 19.3. The average molecular weight is 346 g/mol. The quantitative estimate of drug-likeness (QED) is 0.926. The molecule has 0 aliphatic carbocycles.